The molecule has 0 spiro atoms. The van der Waals surface area contributed by atoms with Crippen LogP contribution >= 0.6 is 0 Å². The predicted molar refractivity (Wildman–Crippen MR) is 108 cm³/mol. The van der Waals surface area contributed by atoms with Crippen molar-refractivity contribution in [2.24, 2.45) is 0 Å². The van der Waals surface area contributed by atoms with Crippen LogP contribution in [0, 0.1) is 6.92 Å². The molecule has 0 atom stereocenters. The molecule has 0 aliphatic rings. The second-order valence-corrected chi connectivity index (χ2v) is 8.04. The number of carbonyl (C=O) groups excluding carboxylic acids is 1. The number of rotatable bonds is 7. The molecule has 146 valence electrons. The number of sulfonamides is 1. The Morgan fingerprint density at radius 2 is 1.79 bits per heavy atom. The van der Waals surface area contributed by atoms with Crippen LogP contribution in [0.1, 0.15) is 34.2 Å². The van der Waals surface area contributed by atoms with Crippen molar-refractivity contribution in [1.29, 1.82) is 0 Å². The number of anilines is 1. The van der Waals surface area contributed by atoms with E-state index in [-0.39, 0.29) is 17.3 Å². The average Bonchev–Trinajstić information content (AvgIpc) is 3.21. The predicted octanol–water partition coefficient (Wildman–Crippen LogP) is 3.88. The number of benzene rings is 2. The van der Waals surface area contributed by atoms with Gasteiger partial charge in [0, 0.05) is 5.56 Å². The first-order valence-electron chi connectivity index (χ1n) is 8.92. The van der Waals surface area contributed by atoms with Crippen molar-refractivity contribution >= 4 is 21.6 Å². The fraction of sp³-hybridized carbons (Fsp3) is 0.190. The third-order valence-electron chi connectivity index (χ3n) is 4.41. The Morgan fingerprint density at radius 1 is 1.04 bits per heavy atom. The van der Waals surface area contributed by atoms with Gasteiger partial charge in [0.1, 0.15) is 5.76 Å². The van der Waals surface area contributed by atoms with E-state index in [0.29, 0.717) is 23.4 Å². The average molecular weight is 398 g/mol. The monoisotopic (exact) mass is 398 g/mol. The summed E-state index contributed by atoms with van der Waals surface area (Å²) in [6.45, 7) is 4.10. The van der Waals surface area contributed by atoms with Crippen LogP contribution in [0.4, 0.5) is 5.69 Å². The first-order valence-corrected chi connectivity index (χ1v) is 10.4. The summed E-state index contributed by atoms with van der Waals surface area (Å²) in [6.07, 6.45) is 2.25. The molecule has 28 heavy (non-hydrogen) atoms. The summed E-state index contributed by atoms with van der Waals surface area (Å²) >= 11 is 0. The van der Waals surface area contributed by atoms with Crippen molar-refractivity contribution < 1.29 is 17.6 Å². The number of nitrogens with one attached hydrogen (secondary N) is 2. The number of carbonyl (C=O) groups is 1. The van der Waals surface area contributed by atoms with Crippen LogP contribution in [-0.4, -0.2) is 14.3 Å². The minimum atomic E-state index is -3.76. The zero-order valence-electron chi connectivity index (χ0n) is 15.7. The minimum absolute atomic E-state index is 0.0976. The van der Waals surface area contributed by atoms with Gasteiger partial charge in [-0.1, -0.05) is 25.1 Å². The molecule has 7 heteroatoms. The molecule has 0 aliphatic heterocycles. The molecular formula is C21H22N2O4S. The van der Waals surface area contributed by atoms with Crippen molar-refractivity contribution in [3.63, 3.8) is 0 Å². The molecule has 0 fully saturated rings. The Labute approximate surface area is 164 Å². The van der Waals surface area contributed by atoms with Crippen molar-refractivity contribution in [3.05, 3.63) is 83.3 Å². The Hall–Kier alpha value is -3.06. The fourth-order valence-electron chi connectivity index (χ4n) is 2.83. The van der Waals surface area contributed by atoms with Crippen molar-refractivity contribution in [2.45, 2.75) is 31.7 Å². The lowest BCUT2D eigenvalue weighted by Crippen LogP contribution is -2.22. The summed E-state index contributed by atoms with van der Waals surface area (Å²) in [5.74, 6) is 0.335. The number of aryl methyl sites for hydroxylation is 2. The quantitative estimate of drug-likeness (QED) is 0.632. The van der Waals surface area contributed by atoms with Gasteiger partial charge in [0.2, 0.25) is 0 Å². The van der Waals surface area contributed by atoms with Crippen LogP contribution in [0.15, 0.2) is 70.2 Å². The number of amides is 1. The first kappa shape index (κ1) is 19.7. The zero-order chi connectivity index (χ0) is 20.1. The molecule has 0 aliphatic carbocycles. The summed E-state index contributed by atoms with van der Waals surface area (Å²) in [5, 5.41) is 2.72. The summed E-state index contributed by atoms with van der Waals surface area (Å²) in [4.78, 5) is 12.3. The SMILES string of the molecule is CCc1cccc(C)c1NS(=O)(=O)c1ccc(C(=O)NCc2ccco2)cc1. The van der Waals surface area contributed by atoms with Crippen LogP contribution in [0.25, 0.3) is 0 Å². The number of furan rings is 1. The van der Waals surface area contributed by atoms with Crippen LogP contribution in [0.2, 0.25) is 0 Å². The van der Waals surface area contributed by atoms with E-state index in [9.17, 15) is 13.2 Å². The van der Waals surface area contributed by atoms with Crippen LogP contribution in [-0.2, 0) is 23.0 Å². The second-order valence-electron chi connectivity index (χ2n) is 6.35. The van der Waals surface area contributed by atoms with Crippen molar-refractivity contribution in [1.82, 2.24) is 5.32 Å². The van der Waals surface area contributed by atoms with Gasteiger partial charge in [-0.3, -0.25) is 9.52 Å². The van der Waals surface area contributed by atoms with Gasteiger partial charge in [0.05, 0.1) is 23.4 Å². The molecular weight excluding hydrogens is 376 g/mol. The van der Waals surface area contributed by atoms with E-state index < -0.39 is 10.0 Å². The van der Waals surface area contributed by atoms with Crippen LogP contribution in [0.5, 0.6) is 0 Å². The highest BCUT2D eigenvalue weighted by Crippen LogP contribution is 2.24. The molecule has 6 nitrogen and oxygen atoms in total. The number of hydrogen-bond donors (Lipinski definition) is 2. The maximum Gasteiger partial charge on any atom is 0.261 e. The largest absolute Gasteiger partial charge is 0.467 e. The summed E-state index contributed by atoms with van der Waals surface area (Å²) in [6, 6.07) is 15.0. The van der Waals surface area contributed by atoms with Gasteiger partial charge in [0.15, 0.2) is 0 Å². The molecule has 0 unspecified atom stereocenters. The van der Waals surface area contributed by atoms with E-state index in [4.69, 9.17) is 4.42 Å². The van der Waals surface area contributed by atoms with E-state index in [2.05, 4.69) is 10.0 Å². The van der Waals surface area contributed by atoms with Crippen molar-refractivity contribution in [2.75, 3.05) is 4.72 Å². The molecule has 1 aromatic heterocycles. The normalized spacial score (nSPS) is 11.2. The molecule has 0 saturated heterocycles. The highest BCUT2D eigenvalue weighted by Gasteiger charge is 2.18. The standard InChI is InChI=1S/C21H22N2O4S/c1-3-16-7-4-6-15(2)20(16)23-28(25,26)19-11-9-17(10-12-19)21(24)22-14-18-8-5-13-27-18/h4-13,23H,3,14H2,1-2H3,(H,22,24). The molecule has 3 rings (SSSR count). The lowest BCUT2D eigenvalue weighted by atomic mass is 10.1. The van der Waals surface area contributed by atoms with E-state index in [1.165, 1.54) is 30.5 Å². The third kappa shape index (κ3) is 4.43. The Bertz CT molecular complexity index is 1060. The summed E-state index contributed by atoms with van der Waals surface area (Å²) in [7, 11) is -3.76. The number of para-hydroxylation sites is 1. The van der Waals surface area contributed by atoms with Crippen molar-refractivity contribution in [3.8, 4) is 0 Å². The molecule has 0 saturated carbocycles. The van der Waals surface area contributed by atoms with E-state index in [1.54, 1.807) is 12.1 Å². The van der Waals surface area contributed by atoms with Gasteiger partial charge in [-0.2, -0.15) is 0 Å². The van der Waals surface area contributed by atoms with Crippen LogP contribution < -0.4 is 10.0 Å². The molecule has 1 amide bonds. The zero-order valence-corrected chi connectivity index (χ0v) is 16.5. The van der Waals surface area contributed by atoms with Gasteiger partial charge in [0.25, 0.3) is 15.9 Å². The van der Waals surface area contributed by atoms with Crippen LogP contribution in [0.3, 0.4) is 0 Å². The van der Waals surface area contributed by atoms with Gasteiger partial charge in [-0.05, 0) is 60.9 Å². The maximum absolute atomic E-state index is 12.8. The summed E-state index contributed by atoms with van der Waals surface area (Å²) < 4.78 is 33.4. The van der Waals surface area contributed by atoms with Gasteiger partial charge in [-0.25, -0.2) is 8.42 Å². The van der Waals surface area contributed by atoms with E-state index in [0.717, 1.165) is 11.1 Å². The lowest BCUT2D eigenvalue weighted by molar-refractivity contribution is 0.0948. The Kier molecular flexibility index (Phi) is 5.84. The molecule has 0 bridgehead atoms. The topological polar surface area (TPSA) is 88.4 Å². The lowest BCUT2D eigenvalue weighted by Gasteiger charge is -2.14. The minimum Gasteiger partial charge on any atom is -0.467 e. The molecule has 3 aromatic rings. The Morgan fingerprint density at radius 3 is 2.43 bits per heavy atom. The van der Waals surface area contributed by atoms with Gasteiger partial charge < -0.3 is 9.73 Å². The van der Waals surface area contributed by atoms with E-state index >= 15 is 0 Å². The molecule has 2 N–H and O–H groups in total. The molecule has 0 radical (unpaired) electrons. The van der Waals surface area contributed by atoms with Gasteiger partial charge in [-0.15, -0.1) is 0 Å². The van der Waals surface area contributed by atoms with Gasteiger partial charge >= 0.3 is 0 Å². The number of hydrogen-bond acceptors (Lipinski definition) is 4. The Balaban J connectivity index is 1.74. The molecule has 2 aromatic carbocycles. The fourth-order valence-corrected chi connectivity index (χ4v) is 4.00. The summed E-state index contributed by atoms with van der Waals surface area (Å²) in [5.41, 5.74) is 2.76. The smallest absolute Gasteiger partial charge is 0.261 e. The first-order chi connectivity index (χ1) is 13.4. The van der Waals surface area contributed by atoms with E-state index in [1.807, 2.05) is 32.0 Å². The highest BCUT2D eigenvalue weighted by atomic mass is 32.2. The molecule has 1 heterocycles. The maximum atomic E-state index is 12.8. The second kappa shape index (κ2) is 8.31. The highest BCUT2D eigenvalue weighted by molar-refractivity contribution is 7.92. The third-order valence-corrected chi connectivity index (χ3v) is 5.77.